The molecule has 0 bridgehead atoms. The van der Waals surface area contributed by atoms with Crippen LogP contribution in [-0.2, 0) is 11.2 Å². The highest BCUT2D eigenvalue weighted by molar-refractivity contribution is 5.99. The van der Waals surface area contributed by atoms with E-state index >= 15 is 0 Å². The van der Waals surface area contributed by atoms with Crippen molar-refractivity contribution in [3.8, 4) is 11.1 Å². The minimum atomic E-state index is -0.568. The Morgan fingerprint density at radius 3 is 2.47 bits per heavy atom. The largest absolute Gasteiger partial charge is 0.339 e. The highest BCUT2D eigenvalue weighted by Gasteiger charge is 2.38. The van der Waals surface area contributed by atoms with Crippen LogP contribution in [0.15, 0.2) is 60.8 Å². The molecule has 1 aliphatic rings. The van der Waals surface area contributed by atoms with Crippen molar-refractivity contribution in [2.24, 2.45) is 0 Å². The molecule has 0 aliphatic carbocycles. The van der Waals surface area contributed by atoms with Gasteiger partial charge in [-0.3, -0.25) is 9.59 Å². The van der Waals surface area contributed by atoms with Crippen LogP contribution in [-0.4, -0.2) is 57.3 Å². The SMILES string of the molecule is CCN1CCN(C(=O)c2cnc(C)nc2C)C(Cc2ccccc2-c2ccccc2)C1=O. The normalized spacial score (nSPS) is 16.3. The van der Waals surface area contributed by atoms with Crippen LogP contribution >= 0.6 is 0 Å². The summed E-state index contributed by atoms with van der Waals surface area (Å²) < 4.78 is 0. The summed E-state index contributed by atoms with van der Waals surface area (Å²) in [7, 11) is 0. The van der Waals surface area contributed by atoms with E-state index in [1.807, 2.05) is 55.1 Å². The molecule has 1 aromatic heterocycles. The van der Waals surface area contributed by atoms with Gasteiger partial charge in [-0.1, -0.05) is 54.6 Å². The van der Waals surface area contributed by atoms with Gasteiger partial charge in [0.05, 0.1) is 11.3 Å². The lowest BCUT2D eigenvalue weighted by atomic mass is 9.93. The molecule has 6 heteroatoms. The van der Waals surface area contributed by atoms with Crippen molar-refractivity contribution in [1.82, 2.24) is 19.8 Å². The first-order chi connectivity index (χ1) is 15.5. The van der Waals surface area contributed by atoms with Crippen LogP contribution < -0.4 is 0 Å². The molecule has 2 amide bonds. The number of rotatable bonds is 5. The third-order valence-electron chi connectivity index (χ3n) is 6.07. The third kappa shape index (κ3) is 4.26. The van der Waals surface area contributed by atoms with Gasteiger partial charge in [0.25, 0.3) is 5.91 Å². The number of aryl methyl sites for hydroxylation is 2. The number of hydrogen-bond donors (Lipinski definition) is 0. The Hall–Kier alpha value is -3.54. The van der Waals surface area contributed by atoms with Crippen LogP contribution in [0.3, 0.4) is 0 Å². The van der Waals surface area contributed by atoms with Crippen LogP contribution in [0, 0.1) is 13.8 Å². The minimum Gasteiger partial charge on any atom is -0.339 e. The zero-order valence-corrected chi connectivity index (χ0v) is 18.8. The van der Waals surface area contributed by atoms with Crippen molar-refractivity contribution in [1.29, 1.82) is 0 Å². The van der Waals surface area contributed by atoms with E-state index in [4.69, 9.17) is 0 Å². The lowest BCUT2D eigenvalue weighted by Gasteiger charge is -2.40. The molecular formula is C26H28N4O2. The van der Waals surface area contributed by atoms with E-state index in [9.17, 15) is 9.59 Å². The van der Waals surface area contributed by atoms with Gasteiger partial charge in [0.2, 0.25) is 5.91 Å². The molecule has 1 saturated heterocycles. The van der Waals surface area contributed by atoms with Crippen LogP contribution in [0.5, 0.6) is 0 Å². The van der Waals surface area contributed by atoms with Gasteiger partial charge in [0, 0.05) is 32.3 Å². The number of aromatic nitrogens is 2. The maximum absolute atomic E-state index is 13.5. The van der Waals surface area contributed by atoms with Crippen LogP contribution in [0.25, 0.3) is 11.1 Å². The molecule has 3 aromatic rings. The molecule has 6 nitrogen and oxygen atoms in total. The van der Waals surface area contributed by atoms with Crippen molar-refractivity contribution in [3.05, 3.63) is 83.4 Å². The summed E-state index contributed by atoms with van der Waals surface area (Å²) in [6.45, 7) is 7.24. The van der Waals surface area contributed by atoms with Gasteiger partial charge >= 0.3 is 0 Å². The smallest absolute Gasteiger partial charge is 0.258 e. The van der Waals surface area contributed by atoms with E-state index in [-0.39, 0.29) is 11.8 Å². The van der Waals surface area contributed by atoms with Gasteiger partial charge in [-0.2, -0.15) is 0 Å². The van der Waals surface area contributed by atoms with Crippen LogP contribution in [0.1, 0.15) is 34.4 Å². The Kier molecular flexibility index (Phi) is 6.30. The van der Waals surface area contributed by atoms with E-state index in [1.54, 1.807) is 18.0 Å². The average molecular weight is 429 g/mol. The van der Waals surface area contributed by atoms with Crippen molar-refractivity contribution in [2.45, 2.75) is 33.2 Å². The fraction of sp³-hybridized carbons (Fsp3) is 0.308. The Balaban J connectivity index is 1.71. The number of nitrogens with zero attached hydrogens (tertiary/aromatic N) is 4. The lowest BCUT2D eigenvalue weighted by molar-refractivity contribution is -0.139. The number of likely N-dealkylation sites (N-methyl/N-ethyl adjacent to an activating group) is 1. The summed E-state index contributed by atoms with van der Waals surface area (Å²) in [4.78, 5) is 39.0. The minimum absolute atomic E-state index is 0.0133. The number of piperazine rings is 1. The number of benzene rings is 2. The molecule has 2 heterocycles. The molecule has 1 atom stereocenters. The maximum Gasteiger partial charge on any atom is 0.258 e. The molecule has 0 radical (unpaired) electrons. The standard InChI is InChI=1S/C26H28N4O2/c1-4-29-14-15-30(25(31)23-17-27-19(3)28-18(23)2)24(26(29)32)16-21-12-8-9-13-22(21)20-10-6-5-7-11-20/h5-13,17,24H,4,14-16H2,1-3H3. The second-order valence-electron chi connectivity index (χ2n) is 8.08. The number of amides is 2. The molecule has 1 aliphatic heterocycles. The highest BCUT2D eigenvalue weighted by Crippen LogP contribution is 2.27. The molecule has 0 N–H and O–H groups in total. The summed E-state index contributed by atoms with van der Waals surface area (Å²) in [6, 6.07) is 17.7. The Morgan fingerprint density at radius 1 is 1.03 bits per heavy atom. The fourth-order valence-electron chi connectivity index (χ4n) is 4.35. The van der Waals surface area contributed by atoms with Gasteiger partial charge in [-0.05, 0) is 37.5 Å². The molecule has 0 saturated carbocycles. The first-order valence-electron chi connectivity index (χ1n) is 11.0. The topological polar surface area (TPSA) is 66.4 Å². The molecule has 1 unspecified atom stereocenters. The van der Waals surface area contributed by atoms with Gasteiger partial charge in [-0.15, -0.1) is 0 Å². The van der Waals surface area contributed by atoms with Gasteiger partial charge in [0.15, 0.2) is 0 Å². The molecule has 0 spiro atoms. The van der Waals surface area contributed by atoms with E-state index in [1.165, 1.54) is 0 Å². The van der Waals surface area contributed by atoms with E-state index in [2.05, 4.69) is 28.2 Å². The van der Waals surface area contributed by atoms with Crippen molar-refractivity contribution in [3.63, 3.8) is 0 Å². The maximum atomic E-state index is 13.5. The second-order valence-corrected chi connectivity index (χ2v) is 8.08. The Labute approximate surface area is 188 Å². The zero-order valence-electron chi connectivity index (χ0n) is 18.8. The predicted octanol–water partition coefficient (Wildman–Crippen LogP) is 3.68. The summed E-state index contributed by atoms with van der Waals surface area (Å²) in [5.41, 5.74) is 4.31. The van der Waals surface area contributed by atoms with Gasteiger partial charge in [-0.25, -0.2) is 9.97 Å². The highest BCUT2D eigenvalue weighted by atomic mass is 16.2. The molecule has 2 aromatic carbocycles. The molecular weight excluding hydrogens is 400 g/mol. The second kappa shape index (κ2) is 9.30. The van der Waals surface area contributed by atoms with E-state index in [0.717, 1.165) is 16.7 Å². The quantitative estimate of drug-likeness (QED) is 0.622. The monoisotopic (exact) mass is 428 g/mol. The average Bonchev–Trinajstić information content (AvgIpc) is 2.81. The Morgan fingerprint density at radius 2 is 1.75 bits per heavy atom. The van der Waals surface area contributed by atoms with Crippen LogP contribution in [0.2, 0.25) is 0 Å². The first-order valence-corrected chi connectivity index (χ1v) is 11.0. The molecule has 1 fully saturated rings. The van der Waals surface area contributed by atoms with Gasteiger partial charge < -0.3 is 9.80 Å². The number of hydrogen-bond acceptors (Lipinski definition) is 4. The van der Waals surface area contributed by atoms with Crippen molar-refractivity contribution < 1.29 is 9.59 Å². The predicted molar refractivity (Wildman–Crippen MR) is 124 cm³/mol. The van der Waals surface area contributed by atoms with E-state index < -0.39 is 6.04 Å². The first kappa shape index (κ1) is 21.7. The summed E-state index contributed by atoms with van der Waals surface area (Å²) in [6.07, 6.45) is 2.03. The summed E-state index contributed by atoms with van der Waals surface area (Å²) in [5, 5.41) is 0. The zero-order chi connectivity index (χ0) is 22.7. The van der Waals surface area contributed by atoms with Crippen molar-refractivity contribution >= 4 is 11.8 Å². The van der Waals surface area contributed by atoms with E-state index in [0.29, 0.717) is 43.1 Å². The molecule has 164 valence electrons. The van der Waals surface area contributed by atoms with Crippen LogP contribution in [0.4, 0.5) is 0 Å². The van der Waals surface area contributed by atoms with Gasteiger partial charge in [0.1, 0.15) is 11.9 Å². The Bertz CT molecular complexity index is 1130. The summed E-state index contributed by atoms with van der Waals surface area (Å²) >= 11 is 0. The van der Waals surface area contributed by atoms with Crippen molar-refractivity contribution in [2.75, 3.05) is 19.6 Å². The number of carbonyl (C=O) groups is 2. The lowest BCUT2D eigenvalue weighted by Crippen LogP contribution is -2.59. The number of carbonyl (C=O) groups excluding carboxylic acids is 2. The fourth-order valence-corrected chi connectivity index (χ4v) is 4.35. The molecule has 32 heavy (non-hydrogen) atoms. The summed E-state index contributed by atoms with van der Waals surface area (Å²) in [5.74, 6) is 0.425. The molecule has 4 rings (SSSR count). The third-order valence-corrected chi connectivity index (χ3v) is 6.07.